The number of benzene rings is 5. The quantitative estimate of drug-likeness (QED) is 0.0307. The van der Waals surface area contributed by atoms with Crippen molar-refractivity contribution in [3.8, 4) is 28.7 Å². The molecule has 6 rings (SSSR count). The number of H-pyrrole nitrogens is 1. The van der Waals surface area contributed by atoms with Crippen LogP contribution in [0.5, 0.6) is 28.7 Å². The molecule has 6 aromatic rings. The second kappa shape index (κ2) is 19.6. The summed E-state index contributed by atoms with van der Waals surface area (Å²) in [6.07, 6.45) is 4.37. The number of aromatic nitrogens is 1. The van der Waals surface area contributed by atoms with Gasteiger partial charge in [-0.25, -0.2) is 0 Å². The van der Waals surface area contributed by atoms with E-state index in [0.29, 0.717) is 42.7 Å². The number of nitrogens with one attached hydrogen (secondary N) is 2. The predicted octanol–water partition coefficient (Wildman–Crippen LogP) is 7.50. The van der Waals surface area contributed by atoms with Crippen LogP contribution in [-0.2, 0) is 36.9 Å². The van der Waals surface area contributed by atoms with Gasteiger partial charge in [-0.05, 0) is 119 Å². The van der Waals surface area contributed by atoms with Gasteiger partial charge in [0.25, 0.3) is 0 Å². The Morgan fingerprint density at radius 3 is 2.34 bits per heavy atom. The number of aliphatic hydroxyl groups excluding tert-OH is 2. The van der Waals surface area contributed by atoms with Crippen LogP contribution < -0.4 is 14.8 Å². The Bertz CT molecular complexity index is 2290. The summed E-state index contributed by atoms with van der Waals surface area (Å²) in [6.45, 7) is 4.15. The maximum Gasteiger partial charge on any atom is 0.164 e. The summed E-state index contributed by atoms with van der Waals surface area (Å²) < 4.78 is 11.6. The first-order valence-electron chi connectivity index (χ1n) is 19.9. The molecule has 0 aliphatic carbocycles. The molecule has 0 aliphatic heterocycles. The van der Waals surface area contributed by atoms with Crippen LogP contribution in [0.3, 0.4) is 0 Å². The third-order valence-corrected chi connectivity index (χ3v) is 10.9. The molecule has 1 aromatic heterocycles. The lowest BCUT2D eigenvalue weighted by Gasteiger charge is -2.27. The van der Waals surface area contributed by atoms with E-state index < -0.39 is 24.0 Å². The average molecular weight is 787 g/mol. The molecule has 4 atom stereocenters. The van der Waals surface area contributed by atoms with Crippen molar-refractivity contribution in [2.75, 3.05) is 20.4 Å². The largest absolute Gasteiger partial charge is 0.508 e. The van der Waals surface area contributed by atoms with Crippen molar-refractivity contribution in [2.24, 2.45) is 5.92 Å². The standard InChI is InChI=1S/C48H54N2O8/c1-4-33-13-14-34-8-5-6-11-39(34)40(33)25-42-36(15-17-44(54)48(42)57-3)23-37(20-32-18-19-49-28-32)45(55)26-46(56)41(35-9-7-10-38(52)24-35)21-31-12-16-43(53)47(22-31)58-29-50-27-30(2)51/h5-19,22,24,28,30,37,41,45,49-55H,4,20-21,23,25-27,29H2,1-3H3/t30-,37-,41+,45+/m0/s1. The van der Waals surface area contributed by atoms with Crippen LogP contribution in [-0.4, -0.2) is 68.9 Å². The third kappa shape index (κ3) is 10.4. The van der Waals surface area contributed by atoms with Crippen molar-refractivity contribution in [3.05, 3.63) is 148 Å². The van der Waals surface area contributed by atoms with Crippen LogP contribution in [0.4, 0.5) is 0 Å². The molecule has 7 N–H and O–H groups in total. The molecule has 10 nitrogen and oxygen atoms in total. The molecule has 0 aliphatic rings. The number of aromatic hydroxyl groups is 3. The Labute approximate surface area is 339 Å². The van der Waals surface area contributed by atoms with Gasteiger partial charge in [0.2, 0.25) is 0 Å². The van der Waals surface area contributed by atoms with Crippen LogP contribution >= 0.6 is 0 Å². The SMILES string of the molecule is CCc1ccc2ccccc2c1Cc1c(C[C@H](Cc2cc[nH]c2)[C@H](O)CC(=O)[C@H](Cc2ccc(O)c(OCNC[C@H](C)O)c2)c2cccc(O)c2)ccc(O)c1OC. The molecule has 0 fully saturated rings. The van der Waals surface area contributed by atoms with E-state index in [9.17, 15) is 30.3 Å². The molecular formula is C48H54N2O8. The van der Waals surface area contributed by atoms with E-state index in [1.165, 1.54) is 11.6 Å². The van der Waals surface area contributed by atoms with Gasteiger partial charge in [0, 0.05) is 43.3 Å². The van der Waals surface area contributed by atoms with Gasteiger partial charge in [0.15, 0.2) is 23.0 Å². The van der Waals surface area contributed by atoms with E-state index >= 15 is 0 Å². The number of phenols is 3. The van der Waals surface area contributed by atoms with Crippen LogP contribution in [0.2, 0.25) is 0 Å². The van der Waals surface area contributed by atoms with E-state index in [0.717, 1.165) is 39.4 Å². The maximum absolute atomic E-state index is 14.5. The van der Waals surface area contributed by atoms with Gasteiger partial charge in [0.1, 0.15) is 18.3 Å². The maximum atomic E-state index is 14.5. The molecule has 0 amide bonds. The second-order valence-electron chi connectivity index (χ2n) is 15.1. The second-order valence-corrected chi connectivity index (χ2v) is 15.1. The Kier molecular flexibility index (Phi) is 14.1. The van der Waals surface area contributed by atoms with Crippen molar-refractivity contribution in [1.82, 2.24) is 10.3 Å². The van der Waals surface area contributed by atoms with Gasteiger partial charge in [-0.2, -0.15) is 0 Å². The molecular weight excluding hydrogens is 733 g/mol. The Hall–Kier alpha value is -5.81. The number of aliphatic hydroxyl groups is 2. The van der Waals surface area contributed by atoms with E-state index in [4.69, 9.17) is 9.47 Å². The highest BCUT2D eigenvalue weighted by atomic mass is 16.5. The topological polar surface area (TPSA) is 164 Å². The number of aromatic amines is 1. The Balaban J connectivity index is 1.31. The lowest BCUT2D eigenvalue weighted by Crippen LogP contribution is -2.30. The number of hydrogen-bond donors (Lipinski definition) is 7. The van der Waals surface area contributed by atoms with E-state index in [1.807, 2.05) is 36.7 Å². The zero-order valence-electron chi connectivity index (χ0n) is 33.3. The Morgan fingerprint density at radius 2 is 1.60 bits per heavy atom. The van der Waals surface area contributed by atoms with Gasteiger partial charge >= 0.3 is 0 Å². The molecule has 0 spiro atoms. The molecule has 58 heavy (non-hydrogen) atoms. The number of hydrogen-bond acceptors (Lipinski definition) is 9. The highest BCUT2D eigenvalue weighted by Crippen LogP contribution is 2.39. The third-order valence-electron chi connectivity index (χ3n) is 10.9. The lowest BCUT2D eigenvalue weighted by molar-refractivity contribution is -0.123. The zero-order valence-corrected chi connectivity index (χ0v) is 33.3. The van der Waals surface area contributed by atoms with E-state index in [1.54, 1.807) is 56.5 Å². The molecule has 0 saturated heterocycles. The van der Waals surface area contributed by atoms with E-state index in [-0.39, 0.29) is 48.4 Å². The smallest absolute Gasteiger partial charge is 0.164 e. The summed E-state index contributed by atoms with van der Waals surface area (Å²) in [5, 5.41) is 58.9. The minimum atomic E-state index is -1.06. The van der Waals surface area contributed by atoms with Crippen molar-refractivity contribution in [1.29, 1.82) is 0 Å². The number of carbonyl (C=O) groups is 1. The summed E-state index contributed by atoms with van der Waals surface area (Å²) in [6, 6.07) is 29.5. The molecule has 0 radical (unpaired) electrons. The molecule has 10 heteroatoms. The number of carbonyl (C=O) groups excluding carboxylic acids is 1. The Morgan fingerprint density at radius 1 is 0.810 bits per heavy atom. The van der Waals surface area contributed by atoms with Gasteiger partial charge in [-0.3, -0.25) is 10.1 Å². The van der Waals surface area contributed by atoms with Crippen molar-refractivity contribution in [2.45, 2.75) is 70.5 Å². The predicted molar refractivity (Wildman–Crippen MR) is 226 cm³/mol. The molecule has 304 valence electrons. The fourth-order valence-corrected chi connectivity index (χ4v) is 7.89. The molecule has 0 bridgehead atoms. The van der Waals surface area contributed by atoms with Gasteiger partial charge in [-0.15, -0.1) is 0 Å². The molecule has 5 aromatic carbocycles. The average Bonchev–Trinajstić information content (AvgIpc) is 3.73. The first-order chi connectivity index (χ1) is 28.0. The van der Waals surface area contributed by atoms with Crippen LogP contribution in [0.1, 0.15) is 65.1 Å². The van der Waals surface area contributed by atoms with Gasteiger partial charge in [-0.1, -0.05) is 67.6 Å². The molecule has 0 unspecified atom stereocenters. The van der Waals surface area contributed by atoms with Gasteiger partial charge < -0.3 is 40.0 Å². The van der Waals surface area contributed by atoms with Crippen molar-refractivity contribution < 1.29 is 39.8 Å². The molecule has 0 saturated carbocycles. The van der Waals surface area contributed by atoms with Crippen LogP contribution in [0, 0.1) is 5.92 Å². The minimum Gasteiger partial charge on any atom is -0.508 e. The number of phenolic OH excluding ortho intramolecular Hbond substituents is 3. The number of Topliss-reactive ketones (excluding diaryl/α,β-unsaturated/α-hetero) is 1. The number of ether oxygens (including phenoxy) is 2. The van der Waals surface area contributed by atoms with E-state index in [2.05, 4.69) is 41.5 Å². The van der Waals surface area contributed by atoms with Crippen molar-refractivity contribution in [3.63, 3.8) is 0 Å². The van der Waals surface area contributed by atoms with Crippen LogP contribution in [0.15, 0.2) is 109 Å². The highest BCUT2D eigenvalue weighted by Gasteiger charge is 2.30. The van der Waals surface area contributed by atoms with Gasteiger partial charge in [0.05, 0.1) is 19.3 Å². The van der Waals surface area contributed by atoms with Crippen LogP contribution in [0.25, 0.3) is 10.8 Å². The summed E-state index contributed by atoms with van der Waals surface area (Å²) in [5.74, 6) is -0.753. The van der Waals surface area contributed by atoms with Crippen molar-refractivity contribution >= 4 is 16.6 Å². The number of ketones is 1. The fourth-order valence-electron chi connectivity index (χ4n) is 7.89. The lowest BCUT2D eigenvalue weighted by atomic mass is 9.80. The fraction of sp³-hybridized carbons (Fsp3) is 0.312. The number of rotatable bonds is 20. The summed E-state index contributed by atoms with van der Waals surface area (Å²) in [5.41, 5.74) is 6.37. The minimum absolute atomic E-state index is 0.0197. The zero-order chi connectivity index (χ0) is 41.2. The number of fused-ring (bicyclic) bond motifs is 1. The first-order valence-corrected chi connectivity index (χ1v) is 19.9. The summed E-state index contributed by atoms with van der Waals surface area (Å²) in [7, 11) is 1.55. The highest BCUT2D eigenvalue weighted by molar-refractivity contribution is 5.88. The first kappa shape index (κ1) is 41.8. The normalized spacial score (nSPS) is 13.5. The summed E-state index contributed by atoms with van der Waals surface area (Å²) >= 11 is 0. The number of methoxy groups -OCH3 is 1. The monoisotopic (exact) mass is 786 g/mol. The molecule has 1 heterocycles. The number of aryl methyl sites for hydroxylation is 1. The summed E-state index contributed by atoms with van der Waals surface area (Å²) in [4.78, 5) is 17.6.